The third-order valence-electron chi connectivity index (χ3n) is 2.21. The van der Waals surface area contributed by atoms with Gasteiger partial charge in [-0.05, 0) is 27.7 Å². The summed E-state index contributed by atoms with van der Waals surface area (Å²) in [7, 11) is 0. The minimum atomic E-state index is -0.798. The number of ketones is 1. The smallest absolute Gasteiger partial charge is 0.428 e. The minimum Gasteiger partial charge on any atom is -0.428 e. The van der Waals surface area contributed by atoms with Crippen LogP contribution < -0.4 is 0 Å². The van der Waals surface area contributed by atoms with Gasteiger partial charge in [0.05, 0.1) is 0 Å². The molecule has 0 fully saturated rings. The number of hydrogen-bond acceptors (Lipinski definition) is 4. The van der Waals surface area contributed by atoms with Gasteiger partial charge < -0.3 is 9.47 Å². The van der Waals surface area contributed by atoms with Gasteiger partial charge in [-0.25, -0.2) is 4.79 Å². The van der Waals surface area contributed by atoms with Crippen molar-refractivity contribution in [2.24, 2.45) is 0 Å². The van der Waals surface area contributed by atoms with Gasteiger partial charge in [0.1, 0.15) is 11.4 Å². The average Bonchev–Trinajstić information content (AvgIpc) is 2.26. The van der Waals surface area contributed by atoms with Crippen LogP contribution in [0.2, 0.25) is 0 Å². The monoisotopic (exact) mass is 262 g/mol. The van der Waals surface area contributed by atoms with Gasteiger partial charge in [0.2, 0.25) is 0 Å². The molecule has 0 aromatic heterocycles. The number of benzene rings is 1. The average molecular weight is 262 g/mol. The first-order chi connectivity index (χ1) is 8.69. The lowest BCUT2D eigenvalue weighted by molar-refractivity contribution is 0.0149. The molecule has 1 rings (SSSR count). The maximum atomic E-state index is 11.5. The van der Waals surface area contributed by atoms with Crippen molar-refractivity contribution in [3.63, 3.8) is 0 Å². The molecule has 0 amide bonds. The van der Waals surface area contributed by atoms with Crippen molar-refractivity contribution in [2.75, 3.05) is 0 Å². The van der Waals surface area contributed by atoms with Crippen molar-refractivity contribution in [2.45, 2.75) is 33.3 Å². The summed E-state index contributed by atoms with van der Waals surface area (Å²) in [6.07, 6.45) is -0.798. The van der Waals surface area contributed by atoms with E-state index in [0.29, 0.717) is 11.1 Å². The van der Waals surface area contributed by atoms with E-state index in [0.717, 1.165) is 0 Å². The lowest BCUT2D eigenvalue weighted by atomic mass is 10.1. The predicted octanol–water partition coefficient (Wildman–Crippen LogP) is 3.81. The highest BCUT2D eigenvalue weighted by molar-refractivity contribution is 5.94. The largest absolute Gasteiger partial charge is 0.514 e. The topological polar surface area (TPSA) is 52.6 Å². The Bertz CT molecular complexity index is 492. The fourth-order valence-corrected chi connectivity index (χ4v) is 1.32. The Morgan fingerprint density at radius 2 is 1.53 bits per heavy atom. The molecule has 0 unspecified atom stereocenters. The summed E-state index contributed by atoms with van der Waals surface area (Å²) in [5.74, 6) is 0.162. The third kappa shape index (κ3) is 4.95. The molecule has 19 heavy (non-hydrogen) atoms. The highest BCUT2D eigenvalue weighted by Crippen LogP contribution is 2.17. The van der Waals surface area contributed by atoms with Crippen molar-refractivity contribution >= 4 is 17.7 Å². The fraction of sp³-hybridized carbons (Fsp3) is 0.333. The highest BCUT2D eigenvalue weighted by Gasteiger charge is 2.18. The summed E-state index contributed by atoms with van der Waals surface area (Å²) >= 11 is 0. The summed E-state index contributed by atoms with van der Waals surface area (Å²) in [5.41, 5.74) is 0.597. The molecule has 0 aliphatic heterocycles. The van der Waals surface area contributed by atoms with Crippen LogP contribution in [0.1, 0.15) is 43.6 Å². The van der Waals surface area contributed by atoms with Gasteiger partial charge in [-0.1, -0.05) is 30.8 Å². The zero-order valence-electron chi connectivity index (χ0n) is 11.6. The van der Waals surface area contributed by atoms with E-state index in [4.69, 9.17) is 9.47 Å². The molecule has 0 radical (unpaired) electrons. The lowest BCUT2D eigenvalue weighted by Crippen LogP contribution is -2.24. The molecule has 0 aliphatic rings. The maximum Gasteiger partial charge on any atom is 0.514 e. The molecule has 0 atom stereocenters. The summed E-state index contributed by atoms with van der Waals surface area (Å²) in [6.45, 7) is 10.4. The number of carbonyl (C=O) groups excluding carboxylic acids is 2. The quantitative estimate of drug-likeness (QED) is 0.472. The SMILES string of the molecule is C=C(OC(=O)OC(C)(C)C)c1ccc(C(C)=O)cc1. The van der Waals surface area contributed by atoms with Crippen LogP contribution in [0.4, 0.5) is 4.79 Å². The van der Waals surface area contributed by atoms with E-state index in [-0.39, 0.29) is 11.5 Å². The normalized spacial score (nSPS) is 10.7. The second-order valence-electron chi connectivity index (χ2n) is 5.12. The molecule has 1 aromatic rings. The number of ether oxygens (including phenoxy) is 2. The van der Waals surface area contributed by atoms with Gasteiger partial charge in [-0.15, -0.1) is 0 Å². The second kappa shape index (κ2) is 5.69. The van der Waals surface area contributed by atoms with E-state index in [2.05, 4.69) is 6.58 Å². The first-order valence-corrected chi connectivity index (χ1v) is 5.90. The van der Waals surface area contributed by atoms with Crippen LogP contribution >= 0.6 is 0 Å². The van der Waals surface area contributed by atoms with Gasteiger partial charge in [0.25, 0.3) is 0 Å². The molecule has 0 aliphatic carbocycles. The molecule has 0 bridgehead atoms. The molecule has 4 heteroatoms. The molecular weight excluding hydrogens is 244 g/mol. The summed E-state index contributed by atoms with van der Waals surface area (Å²) in [5, 5.41) is 0. The van der Waals surface area contributed by atoms with Crippen LogP contribution in [0.25, 0.3) is 5.76 Å². The van der Waals surface area contributed by atoms with E-state index in [1.165, 1.54) is 6.92 Å². The maximum absolute atomic E-state index is 11.5. The lowest BCUT2D eigenvalue weighted by Gasteiger charge is -2.19. The first-order valence-electron chi connectivity index (χ1n) is 5.90. The number of Topliss-reactive ketones (excluding diaryl/α,β-unsaturated/α-hetero) is 1. The van der Waals surface area contributed by atoms with Gasteiger partial charge in [0.15, 0.2) is 5.78 Å². The zero-order chi connectivity index (χ0) is 14.6. The van der Waals surface area contributed by atoms with Gasteiger partial charge in [-0.2, -0.15) is 0 Å². The van der Waals surface area contributed by atoms with Crippen molar-refractivity contribution in [3.05, 3.63) is 42.0 Å². The van der Waals surface area contributed by atoms with Crippen molar-refractivity contribution in [1.82, 2.24) is 0 Å². The number of carbonyl (C=O) groups is 2. The van der Waals surface area contributed by atoms with Crippen LogP contribution in [-0.4, -0.2) is 17.5 Å². The third-order valence-corrected chi connectivity index (χ3v) is 2.21. The Balaban J connectivity index is 2.68. The fourth-order valence-electron chi connectivity index (χ4n) is 1.32. The Hall–Kier alpha value is -2.10. The van der Waals surface area contributed by atoms with Crippen LogP contribution in [-0.2, 0) is 9.47 Å². The zero-order valence-corrected chi connectivity index (χ0v) is 11.6. The van der Waals surface area contributed by atoms with Crippen LogP contribution in [0.5, 0.6) is 0 Å². The highest BCUT2D eigenvalue weighted by atomic mass is 16.7. The molecule has 4 nitrogen and oxygen atoms in total. The van der Waals surface area contributed by atoms with Gasteiger partial charge >= 0.3 is 6.16 Å². The number of rotatable bonds is 3. The minimum absolute atomic E-state index is 0.0229. The summed E-state index contributed by atoms with van der Waals surface area (Å²) in [4.78, 5) is 22.6. The molecule has 0 N–H and O–H groups in total. The summed E-state index contributed by atoms with van der Waals surface area (Å²) < 4.78 is 9.99. The molecule has 0 heterocycles. The van der Waals surface area contributed by atoms with E-state index >= 15 is 0 Å². The van der Waals surface area contributed by atoms with E-state index in [1.54, 1.807) is 45.0 Å². The van der Waals surface area contributed by atoms with Crippen molar-refractivity contribution < 1.29 is 19.1 Å². The van der Waals surface area contributed by atoms with Gasteiger partial charge in [0, 0.05) is 11.1 Å². The van der Waals surface area contributed by atoms with Crippen molar-refractivity contribution in [3.8, 4) is 0 Å². The molecule has 102 valence electrons. The van der Waals surface area contributed by atoms with E-state index < -0.39 is 11.8 Å². The summed E-state index contributed by atoms with van der Waals surface area (Å²) in [6, 6.07) is 6.65. The Morgan fingerprint density at radius 3 is 1.95 bits per heavy atom. The number of hydrogen-bond donors (Lipinski definition) is 0. The van der Waals surface area contributed by atoms with Crippen LogP contribution in [0.3, 0.4) is 0 Å². The molecule has 0 spiro atoms. The second-order valence-corrected chi connectivity index (χ2v) is 5.12. The van der Waals surface area contributed by atoms with Crippen molar-refractivity contribution in [1.29, 1.82) is 0 Å². The first kappa shape index (κ1) is 15.0. The molecule has 1 aromatic carbocycles. The van der Waals surface area contributed by atoms with E-state index in [9.17, 15) is 9.59 Å². The standard InChI is InChI=1S/C15H18O4/c1-10(16)12-6-8-13(9-7-12)11(2)18-14(17)19-15(3,4)5/h6-9H,2H2,1,3-5H3. The van der Waals surface area contributed by atoms with Gasteiger partial charge in [-0.3, -0.25) is 4.79 Å². The Kier molecular flexibility index (Phi) is 4.48. The molecule has 0 saturated heterocycles. The van der Waals surface area contributed by atoms with Crippen LogP contribution in [0.15, 0.2) is 30.8 Å². The van der Waals surface area contributed by atoms with E-state index in [1.807, 2.05) is 0 Å². The molecular formula is C15H18O4. The van der Waals surface area contributed by atoms with Crippen LogP contribution in [0, 0.1) is 0 Å². The molecule has 0 saturated carbocycles. The predicted molar refractivity (Wildman–Crippen MR) is 72.8 cm³/mol. The Morgan fingerprint density at radius 1 is 1.05 bits per heavy atom. The Labute approximate surface area is 113 Å².